The van der Waals surface area contributed by atoms with Crippen LogP contribution in [0, 0.1) is 40.4 Å². The van der Waals surface area contributed by atoms with Crippen molar-refractivity contribution >= 4 is 5.97 Å². The van der Waals surface area contributed by atoms with Gasteiger partial charge in [0.05, 0.1) is 37.2 Å². The molecule has 278 valence electrons. The minimum atomic E-state index is -1.17. The number of aliphatic hydroxyl groups excluding tert-OH is 4. The van der Waals surface area contributed by atoms with E-state index in [0.717, 1.165) is 5.57 Å². The Bertz CT molecular complexity index is 1220. The van der Waals surface area contributed by atoms with E-state index < -0.39 is 54.4 Å². The minimum Gasteiger partial charge on any atom is -0.490 e. The van der Waals surface area contributed by atoms with Gasteiger partial charge in [-0.1, -0.05) is 95.2 Å². The molecule has 0 spiro atoms. The average molecular weight is 690 g/mol. The second kappa shape index (κ2) is 22.0. The summed E-state index contributed by atoms with van der Waals surface area (Å²) in [5.41, 5.74) is 1.77. The summed E-state index contributed by atoms with van der Waals surface area (Å²) in [5.74, 6) is -3.33. The summed E-state index contributed by atoms with van der Waals surface area (Å²) in [7, 11) is 2.83. The molecule has 0 amide bonds. The number of nitrogens with zero attached hydrogens (tertiary/aromatic N) is 1. The molecule has 10 nitrogen and oxygen atoms in total. The molecule has 0 aliphatic carbocycles. The molecule has 0 aromatic heterocycles. The van der Waals surface area contributed by atoms with Crippen molar-refractivity contribution in [3.8, 4) is 0 Å². The maximum absolute atomic E-state index is 13.6. The van der Waals surface area contributed by atoms with Crippen molar-refractivity contribution in [2.24, 2.45) is 40.7 Å². The van der Waals surface area contributed by atoms with E-state index in [0.29, 0.717) is 24.8 Å². The van der Waals surface area contributed by atoms with Crippen molar-refractivity contribution in [3.05, 3.63) is 76.1 Å². The van der Waals surface area contributed by atoms with Gasteiger partial charge in [0.15, 0.2) is 0 Å². The second-order valence-corrected chi connectivity index (χ2v) is 13.8. The summed E-state index contributed by atoms with van der Waals surface area (Å²) >= 11 is 0. The largest absolute Gasteiger partial charge is 0.490 e. The first-order valence-corrected chi connectivity index (χ1v) is 17.5. The van der Waals surface area contributed by atoms with Crippen LogP contribution in [0.5, 0.6) is 0 Å². The Morgan fingerprint density at radius 2 is 1.78 bits per heavy atom. The van der Waals surface area contributed by atoms with E-state index in [-0.39, 0.29) is 35.1 Å². The molecule has 0 saturated carbocycles. The molecule has 12 atom stereocenters. The molecule has 0 aromatic carbocycles. The summed E-state index contributed by atoms with van der Waals surface area (Å²) in [6, 6.07) is 0. The zero-order valence-corrected chi connectivity index (χ0v) is 31.4. The molecule has 0 aromatic rings. The zero-order valence-electron chi connectivity index (χ0n) is 31.4. The number of cyclic esters (lactones) is 1. The van der Waals surface area contributed by atoms with Gasteiger partial charge in [0.2, 0.25) is 5.76 Å². The number of rotatable bonds is 12. The maximum Gasteiger partial charge on any atom is 0.373 e. The standard InChI is InChI=1S/C39H63NO9/c1-12-15-32(41)25(5)18-19-31(40-46)28(8)37(44)29(9)38-33(47-10)17-14-16-23(3)20-26(6)35(42)30(13-2)36(43)27(7)21-24(4)22-34(48-11)39(45)49-38/h12,14-17,19,21-22,25-30,32-33,35-38,41-44H,13,18,20H2,1-11H3/b15-12?,17-14?,23-16?,24-21?,31-19-,34-22?. The van der Waals surface area contributed by atoms with Crippen LogP contribution in [-0.4, -0.2) is 77.2 Å². The summed E-state index contributed by atoms with van der Waals surface area (Å²) in [5, 5.41) is 47.5. The number of methoxy groups -OCH3 is 2. The number of carbonyl (C=O) groups excluding carboxylic acids is 1. The molecule has 0 fully saturated rings. The highest BCUT2D eigenvalue weighted by Gasteiger charge is 2.38. The smallest absolute Gasteiger partial charge is 0.373 e. The number of carbonyl (C=O) groups is 1. The molecule has 1 aliphatic heterocycles. The lowest BCUT2D eigenvalue weighted by Crippen LogP contribution is -2.44. The minimum absolute atomic E-state index is 0.0876. The number of hydrogen-bond acceptors (Lipinski definition) is 10. The third kappa shape index (κ3) is 13.4. The Morgan fingerprint density at radius 3 is 2.33 bits per heavy atom. The molecule has 1 aliphatic rings. The van der Waals surface area contributed by atoms with Gasteiger partial charge in [0.25, 0.3) is 0 Å². The summed E-state index contributed by atoms with van der Waals surface area (Å²) in [6.07, 6.45) is 10.2. The van der Waals surface area contributed by atoms with Crippen molar-refractivity contribution in [1.29, 1.82) is 0 Å². The van der Waals surface area contributed by atoms with Crippen molar-refractivity contribution < 1.29 is 39.4 Å². The number of aliphatic hydroxyl groups is 4. The molecule has 0 radical (unpaired) electrons. The fourth-order valence-electron chi connectivity index (χ4n) is 6.43. The van der Waals surface area contributed by atoms with E-state index in [9.17, 15) is 30.1 Å². The Kier molecular flexibility index (Phi) is 19.8. The Hall–Kier alpha value is -2.89. The topological polar surface area (TPSA) is 155 Å². The van der Waals surface area contributed by atoms with E-state index in [2.05, 4.69) is 5.18 Å². The van der Waals surface area contributed by atoms with Crippen LogP contribution in [0.1, 0.15) is 81.6 Å². The lowest BCUT2D eigenvalue weighted by Gasteiger charge is -2.34. The van der Waals surface area contributed by atoms with E-state index in [1.807, 2.05) is 53.7 Å². The van der Waals surface area contributed by atoms with Crippen molar-refractivity contribution in [3.63, 3.8) is 0 Å². The van der Waals surface area contributed by atoms with Crippen molar-refractivity contribution in [2.45, 2.75) is 118 Å². The third-order valence-corrected chi connectivity index (χ3v) is 9.75. The monoisotopic (exact) mass is 689 g/mol. The Morgan fingerprint density at radius 1 is 1.12 bits per heavy atom. The van der Waals surface area contributed by atoms with Gasteiger partial charge in [-0.2, -0.15) is 0 Å². The first kappa shape index (κ1) is 44.1. The fraction of sp³-hybridized carbons (Fsp3) is 0.667. The van der Waals surface area contributed by atoms with Gasteiger partial charge >= 0.3 is 5.97 Å². The maximum atomic E-state index is 13.6. The first-order valence-electron chi connectivity index (χ1n) is 17.5. The summed E-state index contributed by atoms with van der Waals surface area (Å²) in [6.45, 7) is 16.6. The predicted molar refractivity (Wildman–Crippen MR) is 194 cm³/mol. The van der Waals surface area contributed by atoms with Gasteiger partial charge in [-0.3, -0.25) is 0 Å². The molecule has 49 heavy (non-hydrogen) atoms. The predicted octanol–water partition coefficient (Wildman–Crippen LogP) is 6.56. The molecule has 4 N–H and O–H groups in total. The molecular formula is C39H63NO9. The van der Waals surface area contributed by atoms with Crippen LogP contribution in [-0.2, 0) is 19.0 Å². The highest BCUT2D eigenvalue weighted by molar-refractivity contribution is 5.87. The molecule has 1 heterocycles. The fourth-order valence-corrected chi connectivity index (χ4v) is 6.43. The van der Waals surface area contributed by atoms with E-state index in [1.54, 1.807) is 51.2 Å². The summed E-state index contributed by atoms with van der Waals surface area (Å²) in [4.78, 5) is 25.5. The molecule has 10 heteroatoms. The molecule has 0 bridgehead atoms. The lowest BCUT2D eigenvalue weighted by molar-refractivity contribution is -0.161. The second-order valence-electron chi connectivity index (χ2n) is 13.8. The van der Waals surface area contributed by atoms with Gasteiger partial charge in [-0.05, 0) is 63.1 Å². The number of nitroso groups, excluding NO2 is 1. The average Bonchev–Trinajstić information content (AvgIpc) is 3.07. The summed E-state index contributed by atoms with van der Waals surface area (Å²) < 4.78 is 17.3. The van der Waals surface area contributed by atoms with E-state index in [4.69, 9.17) is 14.2 Å². The van der Waals surface area contributed by atoms with Gasteiger partial charge < -0.3 is 34.6 Å². The number of ether oxygens (including phenoxy) is 3. The molecular weight excluding hydrogens is 626 g/mol. The quantitative estimate of drug-likeness (QED) is 0.101. The van der Waals surface area contributed by atoms with Crippen LogP contribution in [0.25, 0.3) is 0 Å². The zero-order chi connectivity index (χ0) is 37.4. The van der Waals surface area contributed by atoms with Crippen LogP contribution < -0.4 is 0 Å². The normalized spacial score (nSPS) is 30.1. The van der Waals surface area contributed by atoms with Crippen LogP contribution in [0.2, 0.25) is 0 Å². The number of esters is 1. The lowest BCUT2D eigenvalue weighted by atomic mass is 9.79. The van der Waals surface area contributed by atoms with Crippen LogP contribution in [0.3, 0.4) is 0 Å². The highest BCUT2D eigenvalue weighted by atomic mass is 16.6. The third-order valence-electron chi connectivity index (χ3n) is 9.75. The van der Waals surface area contributed by atoms with E-state index in [1.165, 1.54) is 20.3 Å². The number of allylic oxidation sites excluding steroid dienone is 7. The molecule has 0 saturated heterocycles. The molecule has 12 unspecified atom stereocenters. The highest BCUT2D eigenvalue weighted by Crippen LogP contribution is 2.31. The first-order chi connectivity index (χ1) is 23.1. The van der Waals surface area contributed by atoms with Gasteiger partial charge in [0, 0.05) is 30.8 Å². The van der Waals surface area contributed by atoms with Gasteiger partial charge in [-0.15, -0.1) is 4.91 Å². The van der Waals surface area contributed by atoms with Crippen molar-refractivity contribution in [1.82, 2.24) is 0 Å². The van der Waals surface area contributed by atoms with Gasteiger partial charge in [0.1, 0.15) is 12.2 Å². The SMILES string of the molecule is CC=CC(O)C(C)C/C=C(\N=O)C(C)C(O)C(C)C1OC(=O)C(OC)=CC(C)=CC(C)C(O)C(CC)C(O)C(C)CC(C)=CC=CC1OC. The van der Waals surface area contributed by atoms with Crippen LogP contribution >= 0.6 is 0 Å². The molecule has 1 rings (SSSR count). The number of hydrogen-bond donors (Lipinski definition) is 4. The Balaban J connectivity index is 3.64. The van der Waals surface area contributed by atoms with Crippen molar-refractivity contribution in [2.75, 3.05) is 14.2 Å². The van der Waals surface area contributed by atoms with Crippen LogP contribution in [0.15, 0.2) is 76.4 Å². The van der Waals surface area contributed by atoms with E-state index >= 15 is 0 Å². The Labute approximate surface area is 294 Å². The van der Waals surface area contributed by atoms with Crippen LogP contribution in [0.4, 0.5) is 0 Å². The van der Waals surface area contributed by atoms with Gasteiger partial charge in [-0.25, -0.2) is 4.79 Å².